The van der Waals surface area contributed by atoms with Crippen LogP contribution in [0.4, 0.5) is 0 Å². The second-order valence-electron chi connectivity index (χ2n) is 12.8. The van der Waals surface area contributed by atoms with Gasteiger partial charge < -0.3 is 0 Å². The Kier molecular flexibility index (Phi) is 6.72. The summed E-state index contributed by atoms with van der Waals surface area (Å²) in [4.78, 5) is 10.3. The van der Waals surface area contributed by atoms with Gasteiger partial charge in [-0.25, -0.2) is 9.97 Å². The molecule has 0 bridgehead atoms. The molecule has 0 fully saturated rings. The van der Waals surface area contributed by atoms with E-state index in [1.807, 2.05) is 30.3 Å². The first-order valence-corrected chi connectivity index (χ1v) is 17.2. The number of para-hydroxylation sites is 1. The Bertz CT molecular complexity index is 2830. The fourth-order valence-electron chi connectivity index (χ4n) is 7.50. The van der Waals surface area contributed by atoms with Crippen LogP contribution in [-0.4, -0.2) is 14.5 Å². The number of nitrogens with zero attached hydrogens (tertiary/aromatic N) is 3. The summed E-state index contributed by atoms with van der Waals surface area (Å²) in [6.45, 7) is 0. The van der Waals surface area contributed by atoms with Crippen LogP contribution in [-0.2, 0) is 0 Å². The van der Waals surface area contributed by atoms with E-state index in [0.29, 0.717) is 5.82 Å². The van der Waals surface area contributed by atoms with Crippen molar-refractivity contribution in [2.24, 2.45) is 0 Å². The molecule has 0 aliphatic carbocycles. The maximum atomic E-state index is 5.23. The lowest BCUT2D eigenvalue weighted by molar-refractivity contribution is 1.05. The van der Waals surface area contributed by atoms with Crippen LogP contribution >= 0.6 is 0 Å². The highest BCUT2D eigenvalue weighted by Gasteiger charge is 2.19. The Hall–Kier alpha value is -7.02. The lowest BCUT2D eigenvalue weighted by Gasteiger charge is -2.13. The molecule has 10 aromatic rings. The highest BCUT2D eigenvalue weighted by molar-refractivity contribution is 6.22. The van der Waals surface area contributed by atoms with Gasteiger partial charge in [-0.2, -0.15) is 0 Å². The van der Waals surface area contributed by atoms with Gasteiger partial charge in [0.2, 0.25) is 0 Å². The fraction of sp³-hybridized carbons (Fsp3) is 0. The van der Waals surface area contributed by atoms with E-state index in [-0.39, 0.29) is 0 Å². The van der Waals surface area contributed by atoms with Gasteiger partial charge in [-0.15, -0.1) is 0 Å². The molecule has 0 aliphatic heterocycles. The molecule has 0 aliphatic rings. The smallest absolute Gasteiger partial charge is 0.162 e. The monoisotopic (exact) mass is 647 g/mol. The normalized spacial score (nSPS) is 11.4. The molecular weight excluding hydrogens is 619 g/mol. The van der Waals surface area contributed by atoms with Crippen LogP contribution in [0, 0.1) is 12.1 Å². The molecular formula is C48H29N3. The van der Waals surface area contributed by atoms with E-state index in [2.05, 4.69) is 162 Å². The third-order valence-electron chi connectivity index (χ3n) is 9.87. The van der Waals surface area contributed by atoms with E-state index in [0.717, 1.165) is 55.6 Å². The molecule has 0 saturated carbocycles. The first-order valence-electron chi connectivity index (χ1n) is 17.2. The third-order valence-corrected chi connectivity index (χ3v) is 9.87. The maximum Gasteiger partial charge on any atom is 0.162 e. The minimum atomic E-state index is 0.695. The van der Waals surface area contributed by atoms with Crippen molar-refractivity contribution in [3.05, 3.63) is 188 Å². The lowest BCUT2D eigenvalue weighted by atomic mass is 9.91. The van der Waals surface area contributed by atoms with Crippen molar-refractivity contribution in [2.45, 2.75) is 0 Å². The standard InChI is InChI=1S/C48H29N3/c1-4-14-32(15-5-1)37-27-28-38(40-21-11-10-20-39(37)40)36-25-24-33-26-29-45-47(42(33)30-36)41-22-12-13-23-44(41)51(45)46-31-43(34-16-6-2-7-17-34)49-48(50-46)35-18-8-3-9-19-35/h1-9,11-19,21-31H. The molecule has 0 atom stereocenters. The zero-order valence-electron chi connectivity index (χ0n) is 27.6. The summed E-state index contributed by atoms with van der Waals surface area (Å²) in [7, 11) is 0. The van der Waals surface area contributed by atoms with Crippen LogP contribution in [0.1, 0.15) is 0 Å². The molecule has 0 N–H and O–H groups in total. The Labute approximate surface area is 295 Å². The minimum absolute atomic E-state index is 0.695. The van der Waals surface area contributed by atoms with Crippen LogP contribution in [0.5, 0.6) is 0 Å². The second-order valence-corrected chi connectivity index (χ2v) is 12.8. The molecule has 0 spiro atoms. The topological polar surface area (TPSA) is 30.7 Å². The number of aromatic nitrogens is 3. The Balaban J connectivity index is 1.22. The number of hydrogen-bond acceptors (Lipinski definition) is 2. The lowest BCUT2D eigenvalue weighted by Crippen LogP contribution is -2.02. The summed E-state index contributed by atoms with van der Waals surface area (Å²) in [5.41, 5.74) is 9.79. The van der Waals surface area contributed by atoms with Gasteiger partial charge in [-0.3, -0.25) is 4.57 Å². The average Bonchev–Trinajstić information content (AvgIpc) is 3.56. The van der Waals surface area contributed by atoms with Crippen LogP contribution in [0.25, 0.3) is 94.1 Å². The predicted molar refractivity (Wildman–Crippen MR) is 211 cm³/mol. The van der Waals surface area contributed by atoms with Crippen LogP contribution in [0.2, 0.25) is 0 Å². The van der Waals surface area contributed by atoms with Gasteiger partial charge in [-0.1, -0.05) is 152 Å². The summed E-state index contributed by atoms with van der Waals surface area (Å²) >= 11 is 0. The zero-order valence-corrected chi connectivity index (χ0v) is 27.6. The first-order chi connectivity index (χ1) is 25.3. The van der Waals surface area contributed by atoms with E-state index in [4.69, 9.17) is 9.97 Å². The average molecular weight is 648 g/mol. The molecule has 3 heteroatoms. The van der Waals surface area contributed by atoms with Gasteiger partial charge in [-0.05, 0) is 68.7 Å². The minimum Gasteiger partial charge on any atom is -0.294 e. The van der Waals surface area contributed by atoms with Gasteiger partial charge in [0.25, 0.3) is 0 Å². The van der Waals surface area contributed by atoms with E-state index in [1.54, 1.807) is 0 Å². The molecule has 51 heavy (non-hydrogen) atoms. The zero-order chi connectivity index (χ0) is 33.7. The van der Waals surface area contributed by atoms with Gasteiger partial charge in [0.1, 0.15) is 5.82 Å². The molecule has 3 nitrogen and oxygen atoms in total. The molecule has 2 heterocycles. The summed E-state index contributed by atoms with van der Waals surface area (Å²) < 4.78 is 2.30. The van der Waals surface area contributed by atoms with Crippen molar-refractivity contribution >= 4 is 43.4 Å². The summed E-state index contributed by atoms with van der Waals surface area (Å²) in [6, 6.07) is 68.4. The number of fused-ring (bicyclic) bond motifs is 6. The number of rotatable bonds is 5. The number of benzene rings is 7. The quantitative estimate of drug-likeness (QED) is 0.186. The highest BCUT2D eigenvalue weighted by atomic mass is 15.1. The molecule has 8 aromatic carbocycles. The van der Waals surface area contributed by atoms with Crippen LogP contribution in [0.15, 0.2) is 176 Å². The van der Waals surface area contributed by atoms with E-state index >= 15 is 0 Å². The Morgan fingerprint density at radius 1 is 0.451 bits per heavy atom. The third kappa shape index (κ3) is 4.85. The predicted octanol–water partition coefficient (Wildman–Crippen LogP) is 12.1. The summed E-state index contributed by atoms with van der Waals surface area (Å²) in [5, 5.41) is 7.01. The first kappa shape index (κ1) is 28.9. The van der Waals surface area contributed by atoms with Crippen molar-refractivity contribution in [2.75, 3.05) is 0 Å². The molecule has 2 aromatic heterocycles. The highest BCUT2D eigenvalue weighted by Crippen LogP contribution is 2.41. The van der Waals surface area contributed by atoms with Crippen LogP contribution in [0.3, 0.4) is 0 Å². The molecule has 0 radical (unpaired) electrons. The van der Waals surface area contributed by atoms with Gasteiger partial charge in [0.15, 0.2) is 5.82 Å². The fourth-order valence-corrected chi connectivity index (χ4v) is 7.50. The van der Waals surface area contributed by atoms with Crippen LogP contribution < -0.4 is 0 Å². The van der Waals surface area contributed by atoms with E-state index < -0.39 is 0 Å². The maximum absolute atomic E-state index is 5.23. The Morgan fingerprint density at radius 2 is 1.14 bits per heavy atom. The summed E-state index contributed by atoms with van der Waals surface area (Å²) in [5.74, 6) is 1.53. The van der Waals surface area contributed by atoms with Gasteiger partial charge >= 0.3 is 0 Å². The van der Waals surface area contributed by atoms with Crippen molar-refractivity contribution in [3.63, 3.8) is 0 Å². The van der Waals surface area contributed by atoms with Gasteiger partial charge in [0.05, 0.1) is 16.7 Å². The molecule has 0 amide bonds. The molecule has 0 saturated heterocycles. The summed E-state index contributed by atoms with van der Waals surface area (Å²) in [6.07, 6.45) is 0. The second kappa shape index (κ2) is 11.8. The van der Waals surface area contributed by atoms with Crippen molar-refractivity contribution < 1.29 is 0 Å². The van der Waals surface area contributed by atoms with Gasteiger partial charge in [0, 0.05) is 33.4 Å². The molecule has 236 valence electrons. The van der Waals surface area contributed by atoms with Crippen molar-refractivity contribution in [3.8, 4) is 50.7 Å². The Morgan fingerprint density at radius 3 is 1.94 bits per heavy atom. The number of hydrogen-bond donors (Lipinski definition) is 0. The van der Waals surface area contributed by atoms with Crippen molar-refractivity contribution in [1.82, 2.24) is 14.5 Å². The van der Waals surface area contributed by atoms with E-state index in [1.165, 1.54) is 32.7 Å². The molecule has 10 rings (SSSR count). The van der Waals surface area contributed by atoms with E-state index in [9.17, 15) is 0 Å². The SMILES string of the molecule is c1ccc2c(-c3ccc4ccc5c(c4c3)c3ccccc3n5-c3cc(-c4ccccc4)nc(-c4ccccc4)n3)ccc(-c3ccccc3)c2c#1. The van der Waals surface area contributed by atoms with Crippen molar-refractivity contribution in [1.29, 1.82) is 0 Å². The largest absolute Gasteiger partial charge is 0.294 e. The molecule has 0 unspecified atom stereocenters.